The summed E-state index contributed by atoms with van der Waals surface area (Å²) in [6.07, 6.45) is 0. The number of nitrogen functional groups attached to an aromatic ring is 1. The molecule has 0 aliphatic rings. The zero-order valence-corrected chi connectivity index (χ0v) is 11.8. The predicted molar refractivity (Wildman–Crippen MR) is 81.5 cm³/mol. The zero-order valence-electron chi connectivity index (χ0n) is 11.8. The van der Waals surface area contributed by atoms with Crippen LogP contribution in [0.15, 0.2) is 36.4 Å². The molecule has 0 spiro atoms. The second-order valence-electron chi connectivity index (χ2n) is 4.74. The van der Waals surface area contributed by atoms with Gasteiger partial charge in [-0.3, -0.25) is 4.57 Å². The highest BCUT2D eigenvalue weighted by Gasteiger charge is 2.13. The molecule has 0 saturated carbocycles. The van der Waals surface area contributed by atoms with E-state index in [2.05, 4.69) is 11.1 Å². The van der Waals surface area contributed by atoms with Crippen LogP contribution >= 0.6 is 0 Å². The van der Waals surface area contributed by atoms with Crippen molar-refractivity contribution in [3.63, 3.8) is 0 Å². The van der Waals surface area contributed by atoms with Crippen LogP contribution in [0, 0.1) is 18.3 Å². The first-order valence-electron chi connectivity index (χ1n) is 6.47. The highest BCUT2D eigenvalue weighted by atomic mass is 16.5. The van der Waals surface area contributed by atoms with Crippen LogP contribution in [-0.4, -0.2) is 16.7 Å². The summed E-state index contributed by atoms with van der Waals surface area (Å²) in [6.45, 7) is 1.92. The summed E-state index contributed by atoms with van der Waals surface area (Å²) < 4.78 is 7.41. The first-order chi connectivity index (χ1) is 10.1. The van der Waals surface area contributed by atoms with Gasteiger partial charge in [0.1, 0.15) is 11.6 Å². The summed E-state index contributed by atoms with van der Waals surface area (Å²) >= 11 is 0. The van der Waals surface area contributed by atoms with Gasteiger partial charge in [-0.2, -0.15) is 5.26 Å². The Labute approximate surface area is 122 Å². The maximum Gasteiger partial charge on any atom is 0.144 e. The number of nitrogens with two attached hydrogens (primary N) is 1. The molecular weight excluding hydrogens is 264 g/mol. The Morgan fingerprint density at radius 1 is 1.24 bits per heavy atom. The molecular formula is C16H14N4O. The summed E-state index contributed by atoms with van der Waals surface area (Å²) in [5.41, 5.74) is 9.67. The molecule has 3 rings (SSSR count). The largest absolute Gasteiger partial charge is 0.495 e. The fourth-order valence-corrected chi connectivity index (χ4v) is 2.45. The van der Waals surface area contributed by atoms with Crippen LogP contribution in [0.3, 0.4) is 0 Å². The lowest BCUT2D eigenvalue weighted by Gasteiger charge is -2.12. The number of ether oxygens (including phenoxy) is 1. The van der Waals surface area contributed by atoms with Gasteiger partial charge < -0.3 is 10.5 Å². The minimum atomic E-state index is 0.557. The Balaban J connectivity index is 2.30. The maximum atomic E-state index is 9.00. The fraction of sp³-hybridized carbons (Fsp3) is 0.125. The molecule has 0 aliphatic heterocycles. The molecule has 104 valence electrons. The lowest BCUT2D eigenvalue weighted by molar-refractivity contribution is 0.413. The number of benzene rings is 2. The van der Waals surface area contributed by atoms with Crippen molar-refractivity contribution in [3.8, 4) is 17.5 Å². The molecule has 21 heavy (non-hydrogen) atoms. The fourth-order valence-electron chi connectivity index (χ4n) is 2.45. The van der Waals surface area contributed by atoms with E-state index in [-0.39, 0.29) is 0 Å². The normalized spacial score (nSPS) is 10.5. The Morgan fingerprint density at radius 2 is 2.05 bits per heavy atom. The first-order valence-corrected chi connectivity index (χ1v) is 6.47. The Bertz CT molecular complexity index is 874. The highest BCUT2D eigenvalue weighted by molar-refractivity contribution is 5.82. The quantitative estimate of drug-likeness (QED) is 0.731. The molecule has 0 radical (unpaired) electrons. The number of methoxy groups -OCH3 is 1. The smallest absolute Gasteiger partial charge is 0.144 e. The molecule has 0 bridgehead atoms. The van der Waals surface area contributed by atoms with Gasteiger partial charge in [0.2, 0.25) is 0 Å². The Kier molecular flexibility index (Phi) is 2.99. The molecule has 2 N–H and O–H groups in total. The van der Waals surface area contributed by atoms with Crippen molar-refractivity contribution in [2.45, 2.75) is 6.92 Å². The van der Waals surface area contributed by atoms with Gasteiger partial charge in [-0.25, -0.2) is 4.98 Å². The van der Waals surface area contributed by atoms with Gasteiger partial charge in [0.05, 0.1) is 35.5 Å². The summed E-state index contributed by atoms with van der Waals surface area (Å²) in [5, 5.41) is 9.00. The average molecular weight is 278 g/mol. The topological polar surface area (TPSA) is 76.9 Å². The van der Waals surface area contributed by atoms with Crippen LogP contribution in [-0.2, 0) is 0 Å². The molecule has 0 unspecified atom stereocenters. The first kappa shape index (κ1) is 13.0. The van der Waals surface area contributed by atoms with E-state index >= 15 is 0 Å². The van der Waals surface area contributed by atoms with Crippen molar-refractivity contribution in [2.24, 2.45) is 0 Å². The van der Waals surface area contributed by atoms with Crippen molar-refractivity contribution in [3.05, 3.63) is 47.8 Å². The van der Waals surface area contributed by atoms with E-state index in [4.69, 9.17) is 15.7 Å². The van der Waals surface area contributed by atoms with Crippen molar-refractivity contribution in [2.75, 3.05) is 12.8 Å². The number of hydrogen-bond acceptors (Lipinski definition) is 4. The van der Waals surface area contributed by atoms with Crippen LogP contribution < -0.4 is 10.5 Å². The lowest BCUT2D eigenvalue weighted by Crippen LogP contribution is -2.00. The van der Waals surface area contributed by atoms with E-state index in [1.807, 2.05) is 35.8 Å². The highest BCUT2D eigenvalue weighted by Crippen LogP contribution is 2.29. The van der Waals surface area contributed by atoms with Gasteiger partial charge in [-0.1, -0.05) is 0 Å². The van der Waals surface area contributed by atoms with Gasteiger partial charge in [0.25, 0.3) is 0 Å². The number of nitrogens with zero attached hydrogens (tertiary/aromatic N) is 3. The maximum absolute atomic E-state index is 9.00. The molecule has 2 aromatic carbocycles. The van der Waals surface area contributed by atoms with E-state index in [0.29, 0.717) is 17.0 Å². The van der Waals surface area contributed by atoms with Crippen LogP contribution in [0.25, 0.3) is 16.7 Å². The summed E-state index contributed by atoms with van der Waals surface area (Å²) in [5.74, 6) is 1.46. The number of anilines is 1. The van der Waals surface area contributed by atoms with E-state index < -0.39 is 0 Å². The summed E-state index contributed by atoms with van der Waals surface area (Å²) in [6, 6.07) is 13.1. The average Bonchev–Trinajstić information content (AvgIpc) is 2.81. The minimum absolute atomic E-state index is 0.557. The molecule has 0 atom stereocenters. The molecule has 3 aromatic rings. The number of nitriles is 1. The third kappa shape index (κ3) is 2.07. The third-order valence-corrected chi connectivity index (χ3v) is 3.40. The van der Waals surface area contributed by atoms with Crippen molar-refractivity contribution < 1.29 is 4.74 Å². The van der Waals surface area contributed by atoms with E-state index in [1.165, 1.54) is 0 Å². The van der Waals surface area contributed by atoms with Crippen molar-refractivity contribution >= 4 is 16.7 Å². The molecule has 0 saturated heterocycles. The number of aromatic nitrogens is 2. The standard InChI is InChI=1S/C16H14N4O/c1-10-19-13-8-12(18)4-6-14(13)20(10)15-5-3-11(9-17)7-16(15)21-2/h3-8H,18H2,1-2H3. The van der Waals surface area contributed by atoms with E-state index in [1.54, 1.807) is 19.2 Å². The van der Waals surface area contributed by atoms with Crippen LogP contribution in [0.4, 0.5) is 5.69 Å². The van der Waals surface area contributed by atoms with Gasteiger partial charge in [-0.05, 0) is 37.3 Å². The Hall–Kier alpha value is -3.00. The molecule has 5 nitrogen and oxygen atoms in total. The van der Waals surface area contributed by atoms with E-state index in [9.17, 15) is 0 Å². The minimum Gasteiger partial charge on any atom is -0.495 e. The predicted octanol–water partition coefficient (Wildman–Crippen LogP) is 2.80. The lowest BCUT2D eigenvalue weighted by atomic mass is 10.2. The van der Waals surface area contributed by atoms with Crippen LogP contribution in [0.1, 0.15) is 11.4 Å². The SMILES string of the molecule is COc1cc(C#N)ccc1-n1c(C)nc2cc(N)ccc21. The number of rotatable bonds is 2. The number of fused-ring (bicyclic) bond motifs is 1. The number of imidazole rings is 1. The monoisotopic (exact) mass is 278 g/mol. The number of aryl methyl sites for hydroxylation is 1. The van der Waals surface area contributed by atoms with Gasteiger partial charge in [0, 0.05) is 11.8 Å². The van der Waals surface area contributed by atoms with Crippen molar-refractivity contribution in [1.29, 1.82) is 5.26 Å². The molecule has 0 aliphatic carbocycles. The van der Waals surface area contributed by atoms with Gasteiger partial charge >= 0.3 is 0 Å². The van der Waals surface area contributed by atoms with Crippen LogP contribution in [0.2, 0.25) is 0 Å². The summed E-state index contributed by atoms with van der Waals surface area (Å²) in [7, 11) is 1.59. The third-order valence-electron chi connectivity index (χ3n) is 3.40. The number of hydrogen-bond donors (Lipinski definition) is 1. The van der Waals surface area contributed by atoms with Crippen LogP contribution in [0.5, 0.6) is 5.75 Å². The van der Waals surface area contributed by atoms with E-state index in [0.717, 1.165) is 22.5 Å². The second kappa shape index (κ2) is 4.84. The second-order valence-corrected chi connectivity index (χ2v) is 4.74. The molecule has 0 amide bonds. The molecule has 1 heterocycles. The Morgan fingerprint density at radius 3 is 2.76 bits per heavy atom. The van der Waals surface area contributed by atoms with Gasteiger partial charge in [0.15, 0.2) is 0 Å². The van der Waals surface area contributed by atoms with Crippen molar-refractivity contribution in [1.82, 2.24) is 9.55 Å². The molecule has 0 fully saturated rings. The molecule has 1 aromatic heterocycles. The van der Waals surface area contributed by atoms with Gasteiger partial charge in [-0.15, -0.1) is 0 Å². The summed E-state index contributed by atoms with van der Waals surface area (Å²) in [4.78, 5) is 4.53. The zero-order chi connectivity index (χ0) is 15.0. The molecule has 5 heteroatoms.